The molecule has 1 aliphatic rings. The number of rotatable bonds is 10. The highest BCUT2D eigenvalue weighted by molar-refractivity contribution is 5.95. The van der Waals surface area contributed by atoms with Gasteiger partial charge in [0.15, 0.2) is 0 Å². The first kappa shape index (κ1) is 21.8. The summed E-state index contributed by atoms with van der Waals surface area (Å²) >= 11 is 0. The van der Waals surface area contributed by atoms with Crippen LogP contribution in [0, 0.1) is 11.8 Å². The fraction of sp³-hybridized carbons (Fsp3) is 0.407. The lowest BCUT2D eigenvalue weighted by Crippen LogP contribution is -2.31. The molecule has 156 valence electrons. The third-order valence-corrected chi connectivity index (χ3v) is 5.58. The normalized spacial score (nSPS) is 12.1. The van der Waals surface area contributed by atoms with Gasteiger partial charge in [0.2, 0.25) is 5.91 Å². The van der Waals surface area contributed by atoms with Crippen LogP contribution in [0.1, 0.15) is 81.4 Å². The largest absolute Gasteiger partial charge is 0.307 e. The second-order valence-electron chi connectivity index (χ2n) is 7.96. The third kappa shape index (κ3) is 6.07. The molecule has 0 aliphatic carbocycles. The quantitative estimate of drug-likeness (QED) is 0.360. The summed E-state index contributed by atoms with van der Waals surface area (Å²) < 4.78 is 0. The minimum Gasteiger partial charge on any atom is -0.307 e. The lowest BCUT2D eigenvalue weighted by atomic mass is 10.0. The van der Waals surface area contributed by atoms with Gasteiger partial charge in [-0.15, -0.1) is 0 Å². The maximum atomic E-state index is 13.1. The molecule has 0 saturated carbocycles. The van der Waals surface area contributed by atoms with E-state index in [1.54, 1.807) is 0 Å². The molecule has 0 bridgehead atoms. The standard InChI is InChI=1S/C27H31NO2/c1-2-3-4-5-6-15-25(29)16-11-18-27(30)28-21-24-14-8-7-12-22(24)19-20-23-13-9-10-17-26(23)28/h7-10,12-14,17H,2-6,11,15-16,18,21H2,1H3. The fourth-order valence-electron chi connectivity index (χ4n) is 3.83. The van der Waals surface area contributed by atoms with Gasteiger partial charge in [-0.3, -0.25) is 9.59 Å². The maximum Gasteiger partial charge on any atom is 0.227 e. The maximum absolute atomic E-state index is 13.1. The van der Waals surface area contributed by atoms with Crippen molar-refractivity contribution in [3.63, 3.8) is 0 Å². The monoisotopic (exact) mass is 401 g/mol. The highest BCUT2D eigenvalue weighted by atomic mass is 16.2. The van der Waals surface area contributed by atoms with Gasteiger partial charge in [-0.1, -0.05) is 74.8 Å². The highest BCUT2D eigenvalue weighted by Gasteiger charge is 2.21. The number of anilines is 1. The van der Waals surface area contributed by atoms with Crippen LogP contribution in [0.15, 0.2) is 48.5 Å². The van der Waals surface area contributed by atoms with E-state index in [1.165, 1.54) is 19.3 Å². The summed E-state index contributed by atoms with van der Waals surface area (Å²) in [6.45, 7) is 2.70. The van der Waals surface area contributed by atoms with E-state index in [0.29, 0.717) is 32.2 Å². The Morgan fingerprint density at radius 1 is 0.800 bits per heavy atom. The number of benzene rings is 2. The molecule has 0 aromatic heterocycles. The first-order valence-electron chi connectivity index (χ1n) is 11.2. The van der Waals surface area contributed by atoms with Crippen LogP contribution in [-0.4, -0.2) is 11.7 Å². The molecule has 1 aliphatic heterocycles. The third-order valence-electron chi connectivity index (χ3n) is 5.58. The van der Waals surface area contributed by atoms with E-state index >= 15 is 0 Å². The first-order valence-corrected chi connectivity index (χ1v) is 11.2. The van der Waals surface area contributed by atoms with E-state index in [9.17, 15) is 9.59 Å². The summed E-state index contributed by atoms with van der Waals surface area (Å²) in [5.74, 6) is 6.79. The predicted octanol–water partition coefficient (Wildman–Crippen LogP) is 6.03. The Morgan fingerprint density at radius 2 is 1.47 bits per heavy atom. The topological polar surface area (TPSA) is 37.4 Å². The summed E-state index contributed by atoms with van der Waals surface area (Å²) in [6, 6.07) is 15.8. The van der Waals surface area contributed by atoms with Crippen molar-refractivity contribution in [1.82, 2.24) is 0 Å². The van der Waals surface area contributed by atoms with Crippen molar-refractivity contribution in [2.45, 2.75) is 71.3 Å². The van der Waals surface area contributed by atoms with E-state index in [1.807, 2.05) is 53.4 Å². The number of nitrogens with zero attached hydrogens (tertiary/aromatic N) is 1. The van der Waals surface area contributed by atoms with Gasteiger partial charge in [-0.05, 0) is 36.6 Å². The molecule has 0 unspecified atom stereocenters. The zero-order chi connectivity index (χ0) is 21.2. The zero-order valence-electron chi connectivity index (χ0n) is 18.0. The van der Waals surface area contributed by atoms with Gasteiger partial charge in [0, 0.05) is 30.4 Å². The summed E-state index contributed by atoms with van der Waals surface area (Å²) in [6.07, 6.45) is 7.90. The van der Waals surface area contributed by atoms with E-state index in [0.717, 1.165) is 35.2 Å². The predicted molar refractivity (Wildman–Crippen MR) is 122 cm³/mol. The van der Waals surface area contributed by atoms with E-state index < -0.39 is 0 Å². The van der Waals surface area contributed by atoms with Gasteiger partial charge in [-0.25, -0.2) is 0 Å². The second kappa shape index (κ2) is 11.4. The van der Waals surface area contributed by atoms with Crippen LogP contribution in [-0.2, 0) is 16.1 Å². The first-order chi connectivity index (χ1) is 14.7. The molecule has 30 heavy (non-hydrogen) atoms. The van der Waals surface area contributed by atoms with Gasteiger partial charge >= 0.3 is 0 Å². The summed E-state index contributed by atoms with van der Waals surface area (Å²) in [5, 5.41) is 0. The van der Waals surface area contributed by atoms with Gasteiger partial charge in [0.25, 0.3) is 0 Å². The SMILES string of the molecule is CCCCCCCC(=O)CCCC(=O)N1Cc2ccccc2C#Cc2ccccc21. The van der Waals surface area contributed by atoms with Crippen LogP contribution in [0.4, 0.5) is 5.69 Å². The smallest absolute Gasteiger partial charge is 0.227 e. The van der Waals surface area contributed by atoms with Crippen molar-refractivity contribution in [2.75, 3.05) is 4.90 Å². The van der Waals surface area contributed by atoms with Crippen molar-refractivity contribution in [3.05, 3.63) is 65.2 Å². The average molecular weight is 402 g/mol. The van der Waals surface area contributed by atoms with Crippen molar-refractivity contribution >= 4 is 17.4 Å². The summed E-state index contributed by atoms with van der Waals surface area (Å²) in [5.41, 5.74) is 3.73. The molecule has 3 nitrogen and oxygen atoms in total. The second-order valence-corrected chi connectivity index (χ2v) is 7.96. The van der Waals surface area contributed by atoms with Crippen LogP contribution < -0.4 is 4.90 Å². The Balaban J connectivity index is 1.60. The molecule has 1 heterocycles. The van der Waals surface area contributed by atoms with Crippen molar-refractivity contribution in [3.8, 4) is 11.8 Å². The molecule has 1 amide bonds. The summed E-state index contributed by atoms with van der Waals surface area (Å²) in [7, 11) is 0. The lowest BCUT2D eigenvalue weighted by Gasteiger charge is -2.26. The van der Waals surface area contributed by atoms with Crippen LogP contribution in [0.5, 0.6) is 0 Å². The van der Waals surface area contributed by atoms with E-state index in [4.69, 9.17) is 0 Å². The van der Waals surface area contributed by atoms with Gasteiger partial charge in [0.1, 0.15) is 5.78 Å². The number of hydrogen-bond acceptors (Lipinski definition) is 2. The minimum atomic E-state index is 0.0525. The molecule has 0 N–H and O–H groups in total. The Kier molecular flexibility index (Phi) is 8.27. The molecule has 0 spiro atoms. The molecule has 0 atom stereocenters. The number of para-hydroxylation sites is 1. The number of carbonyl (C=O) groups is 2. The van der Waals surface area contributed by atoms with Crippen molar-refractivity contribution in [2.24, 2.45) is 0 Å². The van der Waals surface area contributed by atoms with E-state index in [2.05, 4.69) is 18.8 Å². The summed E-state index contributed by atoms with van der Waals surface area (Å²) in [4.78, 5) is 27.1. The molecule has 2 aromatic rings. The van der Waals surface area contributed by atoms with Crippen molar-refractivity contribution in [1.29, 1.82) is 0 Å². The lowest BCUT2D eigenvalue weighted by molar-refractivity contribution is -0.120. The van der Waals surface area contributed by atoms with Crippen LogP contribution in [0.25, 0.3) is 0 Å². The van der Waals surface area contributed by atoms with Crippen LogP contribution in [0.3, 0.4) is 0 Å². The Morgan fingerprint density at radius 3 is 2.30 bits per heavy atom. The van der Waals surface area contributed by atoms with Gasteiger partial charge in [-0.2, -0.15) is 0 Å². The molecule has 2 aromatic carbocycles. The van der Waals surface area contributed by atoms with E-state index in [-0.39, 0.29) is 11.7 Å². The molecular weight excluding hydrogens is 370 g/mol. The van der Waals surface area contributed by atoms with Crippen LogP contribution in [0.2, 0.25) is 0 Å². The van der Waals surface area contributed by atoms with Gasteiger partial charge in [0.05, 0.1) is 12.2 Å². The molecule has 3 heteroatoms. The number of carbonyl (C=O) groups excluding carboxylic acids is 2. The van der Waals surface area contributed by atoms with Crippen LogP contribution >= 0.6 is 0 Å². The molecule has 0 fully saturated rings. The highest BCUT2D eigenvalue weighted by Crippen LogP contribution is 2.26. The molecule has 0 radical (unpaired) electrons. The number of fused-ring (bicyclic) bond motifs is 2. The van der Waals surface area contributed by atoms with Crippen molar-refractivity contribution < 1.29 is 9.59 Å². The Hall–Kier alpha value is -2.86. The fourth-order valence-corrected chi connectivity index (χ4v) is 3.83. The van der Waals surface area contributed by atoms with Gasteiger partial charge < -0.3 is 4.90 Å². The zero-order valence-corrected chi connectivity index (χ0v) is 18.0. The molecule has 3 rings (SSSR count). The Labute approximate surface area is 180 Å². The molecule has 0 saturated heterocycles. The molecular formula is C27H31NO2. The number of Topliss-reactive ketones (excluding diaryl/α,β-unsaturated/α-hetero) is 1. The number of hydrogen-bond donors (Lipinski definition) is 0. The Bertz CT molecular complexity index is 935. The number of ketones is 1. The minimum absolute atomic E-state index is 0.0525. The number of unbranched alkanes of at least 4 members (excludes halogenated alkanes) is 4. The number of amides is 1. The average Bonchev–Trinajstić information content (AvgIpc) is 2.75.